The number of carbonyl (C=O) groups is 4. The number of carbonyl (C=O) groups excluding carboxylic acids is 3. The smallest absolute Gasteiger partial charge is 0.408 e. The van der Waals surface area contributed by atoms with Crippen LogP contribution in [0, 0.1) is 17.8 Å². The van der Waals surface area contributed by atoms with Gasteiger partial charge in [-0.15, -0.1) is 11.3 Å². The number of ketones is 1. The molecule has 1 aromatic carbocycles. The number of thiazole rings is 1. The molecule has 4 heterocycles. The Balaban J connectivity index is 1.42. The Morgan fingerprint density at radius 1 is 1.23 bits per heavy atom. The molecule has 0 radical (unpaired) electrons. The van der Waals surface area contributed by atoms with Crippen LogP contribution in [0.1, 0.15) is 49.3 Å². The van der Waals surface area contributed by atoms with E-state index in [0.29, 0.717) is 31.5 Å². The van der Waals surface area contributed by atoms with Crippen molar-refractivity contribution in [3.05, 3.63) is 29.3 Å². The van der Waals surface area contributed by atoms with E-state index in [2.05, 4.69) is 15.6 Å². The van der Waals surface area contributed by atoms with Gasteiger partial charge in [0.25, 0.3) is 0 Å². The van der Waals surface area contributed by atoms with Gasteiger partial charge in [-0.1, -0.05) is 26.0 Å². The second-order valence-electron chi connectivity index (χ2n) is 10.9. The summed E-state index contributed by atoms with van der Waals surface area (Å²) in [4.78, 5) is 58.3. The van der Waals surface area contributed by atoms with E-state index in [1.165, 1.54) is 16.2 Å². The molecule has 2 aromatic rings. The summed E-state index contributed by atoms with van der Waals surface area (Å²) in [7, 11) is 0. The largest absolute Gasteiger partial charge is 0.465 e. The highest BCUT2D eigenvalue weighted by Gasteiger charge is 2.49. The van der Waals surface area contributed by atoms with Gasteiger partial charge in [0.1, 0.15) is 6.04 Å². The number of nitrogens with one attached hydrogen (secondary N) is 2. The second kappa shape index (κ2) is 11.6. The third-order valence-corrected chi connectivity index (χ3v) is 8.79. The number of ether oxygens (including phenoxy) is 2. The lowest BCUT2D eigenvalue weighted by molar-refractivity contribution is -0.129. The standard InChI is InChI=1S/C27H34N4O7S/c1-14(2)11-19(31(27(35)36)20-13-38-26-16(20)8-10-37-26)24(34)29-18(12-15-7-9-28-23(15)33)22(32)25-30-17-5-3-4-6-21(17)39-25/h3-6,14-16,18-20,26H,7-13H2,1-2H3,(H,28,33)(H,29,34)(H,35,36)/t15-,16-,18-,19-,20-,26+/m0/s1. The van der Waals surface area contributed by atoms with Crippen LogP contribution >= 0.6 is 11.3 Å². The van der Waals surface area contributed by atoms with Crippen molar-refractivity contribution in [3.63, 3.8) is 0 Å². The van der Waals surface area contributed by atoms with Crippen LogP contribution in [0.5, 0.6) is 0 Å². The van der Waals surface area contributed by atoms with E-state index in [9.17, 15) is 24.3 Å². The van der Waals surface area contributed by atoms with Gasteiger partial charge in [0.05, 0.1) is 35.5 Å². The van der Waals surface area contributed by atoms with Crippen LogP contribution in [0.2, 0.25) is 0 Å². The van der Waals surface area contributed by atoms with Gasteiger partial charge in [-0.2, -0.15) is 0 Å². The van der Waals surface area contributed by atoms with E-state index in [4.69, 9.17) is 9.47 Å². The average Bonchev–Trinajstić information content (AvgIpc) is 3.68. The maximum atomic E-state index is 13.9. The van der Waals surface area contributed by atoms with Crippen molar-refractivity contribution in [2.75, 3.05) is 19.8 Å². The van der Waals surface area contributed by atoms with E-state index < -0.39 is 42.3 Å². The summed E-state index contributed by atoms with van der Waals surface area (Å²) in [5, 5.41) is 16.1. The summed E-state index contributed by atoms with van der Waals surface area (Å²) in [6.07, 6.45) is -0.130. The first kappa shape index (κ1) is 27.5. The fraction of sp³-hybridized carbons (Fsp3) is 0.593. The van der Waals surface area contributed by atoms with Crippen LogP contribution in [-0.4, -0.2) is 82.9 Å². The predicted octanol–water partition coefficient (Wildman–Crippen LogP) is 2.65. The number of fused-ring (bicyclic) bond motifs is 2. The molecule has 3 N–H and O–H groups in total. The van der Waals surface area contributed by atoms with Crippen molar-refractivity contribution in [3.8, 4) is 0 Å². The van der Waals surface area contributed by atoms with Gasteiger partial charge in [-0.25, -0.2) is 9.78 Å². The Labute approximate surface area is 230 Å². The number of carboxylic acid groups (broad SMARTS) is 1. The maximum Gasteiger partial charge on any atom is 0.408 e. The topological polar surface area (TPSA) is 147 Å². The highest BCUT2D eigenvalue weighted by atomic mass is 32.1. The number of para-hydroxylation sites is 1. The minimum absolute atomic E-state index is 0.000398. The van der Waals surface area contributed by atoms with Gasteiger partial charge in [0.15, 0.2) is 11.3 Å². The number of nitrogens with zero attached hydrogens (tertiary/aromatic N) is 2. The molecule has 210 valence electrons. The summed E-state index contributed by atoms with van der Waals surface area (Å²) >= 11 is 1.23. The third-order valence-electron chi connectivity index (χ3n) is 7.74. The molecule has 0 spiro atoms. The lowest BCUT2D eigenvalue weighted by atomic mass is 9.93. The van der Waals surface area contributed by atoms with Crippen LogP contribution < -0.4 is 10.6 Å². The molecule has 6 atom stereocenters. The molecule has 39 heavy (non-hydrogen) atoms. The fourth-order valence-corrected chi connectivity index (χ4v) is 6.77. The lowest BCUT2D eigenvalue weighted by Gasteiger charge is -2.36. The number of rotatable bonds is 10. The van der Waals surface area contributed by atoms with Crippen molar-refractivity contribution in [2.24, 2.45) is 17.8 Å². The van der Waals surface area contributed by atoms with E-state index in [1.54, 1.807) is 0 Å². The van der Waals surface area contributed by atoms with Crippen LogP contribution in [0.4, 0.5) is 4.79 Å². The molecule has 3 saturated heterocycles. The molecule has 0 bridgehead atoms. The Bertz CT molecular complexity index is 1220. The number of Topliss-reactive ketones (excluding diaryl/α,β-unsaturated/α-hetero) is 1. The minimum Gasteiger partial charge on any atom is -0.465 e. The van der Waals surface area contributed by atoms with Crippen molar-refractivity contribution in [2.45, 2.75) is 63.9 Å². The SMILES string of the molecule is CC(C)C[C@@H](C(=O)N[C@@H](C[C@@H]1CCNC1=O)C(=O)c1nc2ccccc2s1)N(C(=O)O)[C@H]1CO[C@H]2OCC[C@H]21. The Kier molecular flexibility index (Phi) is 8.15. The molecule has 3 aliphatic rings. The Hall–Kier alpha value is -3.09. The van der Waals surface area contributed by atoms with Gasteiger partial charge < -0.3 is 25.2 Å². The molecule has 0 aliphatic carbocycles. The predicted molar refractivity (Wildman–Crippen MR) is 142 cm³/mol. The molecule has 5 rings (SSSR count). The highest BCUT2D eigenvalue weighted by Crippen LogP contribution is 2.36. The summed E-state index contributed by atoms with van der Waals surface area (Å²) in [6, 6.07) is 4.77. The molecule has 12 heteroatoms. The molecule has 3 amide bonds. The quantitative estimate of drug-likeness (QED) is 0.377. The fourth-order valence-electron chi connectivity index (χ4n) is 5.81. The molecule has 1 aromatic heterocycles. The molecular weight excluding hydrogens is 524 g/mol. The highest BCUT2D eigenvalue weighted by molar-refractivity contribution is 7.20. The van der Waals surface area contributed by atoms with Crippen LogP contribution in [0.15, 0.2) is 24.3 Å². The zero-order valence-corrected chi connectivity index (χ0v) is 22.8. The Morgan fingerprint density at radius 3 is 2.72 bits per heavy atom. The number of hydrogen-bond acceptors (Lipinski definition) is 8. The molecule has 11 nitrogen and oxygen atoms in total. The normalized spacial score (nSPS) is 25.9. The van der Waals surface area contributed by atoms with Gasteiger partial charge in [0.2, 0.25) is 17.6 Å². The first-order valence-corrected chi connectivity index (χ1v) is 14.3. The summed E-state index contributed by atoms with van der Waals surface area (Å²) < 4.78 is 12.1. The summed E-state index contributed by atoms with van der Waals surface area (Å²) in [5.41, 5.74) is 0.679. The number of aromatic nitrogens is 1. The van der Waals surface area contributed by atoms with E-state index in [1.807, 2.05) is 38.1 Å². The monoisotopic (exact) mass is 558 g/mol. The third kappa shape index (κ3) is 5.78. The second-order valence-corrected chi connectivity index (χ2v) is 11.9. The zero-order chi connectivity index (χ0) is 27.7. The van der Waals surface area contributed by atoms with E-state index in [-0.39, 0.29) is 48.0 Å². The molecule has 3 aliphatic heterocycles. The summed E-state index contributed by atoms with van der Waals surface area (Å²) in [6.45, 7) is 4.95. The molecule has 3 fully saturated rings. The van der Waals surface area contributed by atoms with Crippen molar-refractivity contribution >= 4 is 45.2 Å². The van der Waals surface area contributed by atoms with Gasteiger partial charge in [0, 0.05) is 18.4 Å². The number of benzene rings is 1. The first-order valence-electron chi connectivity index (χ1n) is 13.4. The van der Waals surface area contributed by atoms with Crippen molar-refractivity contribution in [1.82, 2.24) is 20.5 Å². The minimum atomic E-state index is -1.22. The zero-order valence-electron chi connectivity index (χ0n) is 22.0. The average molecular weight is 559 g/mol. The van der Waals surface area contributed by atoms with Crippen LogP contribution in [0.3, 0.4) is 0 Å². The Morgan fingerprint density at radius 2 is 2.03 bits per heavy atom. The molecule has 0 saturated carbocycles. The van der Waals surface area contributed by atoms with Crippen LogP contribution in [-0.2, 0) is 19.1 Å². The molecular formula is C27H34N4O7S. The van der Waals surface area contributed by atoms with Gasteiger partial charge in [-0.05, 0) is 43.7 Å². The van der Waals surface area contributed by atoms with Gasteiger partial charge >= 0.3 is 6.09 Å². The summed E-state index contributed by atoms with van der Waals surface area (Å²) in [5.74, 6) is -1.71. The number of hydrogen-bond donors (Lipinski definition) is 3. The van der Waals surface area contributed by atoms with Crippen molar-refractivity contribution in [1.29, 1.82) is 0 Å². The first-order chi connectivity index (χ1) is 18.7. The molecule has 0 unspecified atom stereocenters. The van der Waals surface area contributed by atoms with E-state index >= 15 is 0 Å². The number of amides is 3. The lowest BCUT2D eigenvalue weighted by Crippen LogP contribution is -2.58. The van der Waals surface area contributed by atoms with Crippen LogP contribution in [0.25, 0.3) is 10.2 Å². The van der Waals surface area contributed by atoms with E-state index in [0.717, 1.165) is 4.70 Å². The van der Waals surface area contributed by atoms with Crippen molar-refractivity contribution < 1.29 is 33.8 Å². The van der Waals surface area contributed by atoms with Gasteiger partial charge in [-0.3, -0.25) is 19.3 Å². The maximum absolute atomic E-state index is 13.9.